The third kappa shape index (κ3) is 4.27. The summed E-state index contributed by atoms with van der Waals surface area (Å²) < 4.78 is 12.9. The summed E-state index contributed by atoms with van der Waals surface area (Å²) in [4.78, 5) is 12.6. The van der Waals surface area contributed by atoms with E-state index in [0.717, 1.165) is 12.0 Å². The Labute approximate surface area is 111 Å². The van der Waals surface area contributed by atoms with Crippen LogP contribution in [0.15, 0.2) is 18.2 Å². The van der Waals surface area contributed by atoms with Crippen molar-refractivity contribution in [2.45, 2.75) is 32.9 Å². The molecule has 0 bridgehead atoms. The van der Waals surface area contributed by atoms with Crippen molar-refractivity contribution in [3.8, 4) is 0 Å². The second kappa shape index (κ2) is 6.71. The molecule has 18 heavy (non-hydrogen) atoms. The molecule has 0 radical (unpaired) electrons. The Bertz CT molecular complexity index is 425. The van der Waals surface area contributed by atoms with Gasteiger partial charge < -0.3 is 5.11 Å². The maximum absolute atomic E-state index is 12.9. The molecule has 1 rings (SSSR count). The van der Waals surface area contributed by atoms with Gasteiger partial charge in [0.05, 0.1) is 6.54 Å². The van der Waals surface area contributed by atoms with Gasteiger partial charge in [-0.2, -0.15) is 0 Å². The van der Waals surface area contributed by atoms with Crippen LogP contribution >= 0.6 is 11.6 Å². The molecule has 0 aliphatic heterocycles. The van der Waals surface area contributed by atoms with Crippen LogP contribution in [0.5, 0.6) is 0 Å². The van der Waals surface area contributed by atoms with E-state index >= 15 is 0 Å². The van der Waals surface area contributed by atoms with Gasteiger partial charge >= 0.3 is 5.97 Å². The second-order valence-electron chi connectivity index (χ2n) is 4.29. The zero-order chi connectivity index (χ0) is 13.7. The molecule has 3 nitrogen and oxygen atoms in total. The van der Waals surface area contributed by atoms with Crippen molar-refractivity contribution in [1.29, 1.82) is 0 Å². The number of aliphatic carboxylic acids is 1. The molecule has 1 aromatic rings. The predicted molar refractivity (Wildman–Crippen MR) is 69.2 cm³/mol. The van der Waals surface area contributed by atoms with Gasteiger partial charge in [0, 0.05) is 17.6 Å². The van der Waals surface area contributed by atoms with E-state index in [9.17, 15) is 9.18 Å². The average Bonchev–Trinajstić information content (AvgIpc) is 2.30. The Morgan fingerprint density at radius 1 is 1.56 bits per heavy atom. The molecule has 1 unspecified atom stereocenters. The van der Waals surface area contributed by atoms with E-state index in [2.05, 4.69) is 0 Å². The van der Waals surface area contributed by atoms with Crippen LogP contribution in [0.2, 0.25) is 5.02 Å². The molecule has 0 heterocycles. The molecule has 0 amide bonds. The third-order valence-corrected chi connectivity index (χ3v) is 3.29. The number of halogens is 2. The molecular formula is C13H17ClFNO2. The largest absolute Gasteiger partial charge is 0.480 e. The highest BCUT2D eigenvalue weighted by molar-refractivity contribution is 6.31. The van der Waals surface area contributed by atoms with Crippen molar-refractivity contribution in [2.75, 3.05) is 6.54 Å². The fourth-order valence-corrected chi connectivity index (χ4v) is 1.90. The van der Waals surface area contributed by atoms with Gasteiger partial charge in [0.15, 0.2) is 0 Å². The lowest BCUT2D eigenvalue weighted by molar-refractivity contribution is -0.139. The molecular weight excluding hydrogens is 257 g/mol. The number of hydrogen-bond donors (Lipinski definition) is 1. The average molecular weight is 274 g/mol. The van der Waals surface area contributed by atoms with Crippen LogP contribution in [0, 0.1) is 5.82 Å². The number of carbonyl (C=O) groups is 1. The summed E-state index contributed by atoms with van der Waals surface area (Å²) in [5.74, 6) is -1.27. The van der Waals surface area contributed by atoms with Crippen LogP contribution in [0.4, 0.5) is 4.39 Å². The normalized spacial score (nSPS) is 12.7. The van der Waals surface area contributed by atoms with Crippen molar-refractivity contribution in [3.63, 3.8) is 0 Å². The fraction of sp³-hybridized carbons (Fsp3) is 0.462. The quantitative estimate of drug-likeness (QED) is 0.865. The Hall–Kier alpha value is -1.13. The summed E-state index contributed by atoms with van der Waals surface area (Å²) in [7, 11) is 0. The van der Waals surface area contributed by atoms with E-state index < -0.39 is 11.8 Å². The summed E-state index contributed by atoms with van der Waals surface area (Å²) in [6, 6.07) is 4.29. The molecule has 0 aromatic heterocycles. The standard InChI is InChI=1S/C13H17ClFNO2/c1-3-9(2)16(8-13(17)18)7-10-4-5-11(15)6-12(10)14/h4-6,9H,3,7-8H2,1-2H3,(H,17,18). The number of benzene rings is 1. The molecule has 0 saturated carbocycles. The van der Waals surface area contributed by atoms with E-state index in [1.807, 2.05) is 13.8 Å². The Balaban J connectivity index is 2.85. The summed E-state index contributed by atoms with van der Waals surface area (Å²) in [6.45, 7) is 4.30. The molecule has 0 saturated heterocycles. The van der Waals surface area contributed by atoms with Crippen LogP contribution in [0.25, 0.3) is 0 Å². The van der Waals surface area contributed by atoms with Gasteiger partial charge in [0.25, 0.3) is 0 Å². The van der Waals surface area contributed by atoms with Crippen molar-refractivity contribution in [1.82, 2.24) is 4.90 Å². The highest BCUT2D eigenvalue weighted by Gasteiger charge is 2.17. The zero-order valence-electron chi connectivity index (χ0n) is 10.5. The van der Waals surface area contributed by atoms with Crippen LogP contribution < -0.4 is 0 Å². The van der Waals surface area contributed by atoms with E-state index in [4.69, 9.17) is 16.7 Å². The Morgan fingerprint density at radius 3 is 2.72 bits per heavy atom. The van der Waals surface area contributed by atoms with Crippen molar-refractivity contribution < 1.29 is 14.3 Å². The van der Waals surface area contributed by atoms with Crippen molar-refractivity contribution >= 4 is 17.6 Å². The van der Waals surface area contributed by atoms with E-state index in [1.165, 1.54) is 12.1 Å². The van der Waals surface area contributed by atoms with Crippen LogP contribution in [0.1, 0.15) is 25.8 Å². The minimum absolute atomic E-state index is 0.0529. The maximum Gasteiger partial charge on any atom is 0.317 e. The lowest BCUT2D eigenvalue weighted by Crippen LogP contribution is -2.36. The third-order valence-electron chi connectivity index (χ3n) is 2.94. The van der Waals surface area contributed by atoms with Crippen LogP contribution in [-0.4, -0.2) is 28.6 Å². The molecule has 1 N–H and O–H groups in total. The van der Waals surface area contributed by atoms with Crippen LogP contribution in [-0.2, 0) is 11.3 Å². The van der Waals surface area contributed by atoms with Gasteiger partial charge in [-0.3, -0.25) is 9.69 Å². The van der Waals surface area contributed by atoms with Crippen LogP contribution in [0.3, 0.4) is 0 Å². The van der Waals surface area contributed by atoms with Gasteiger partial charge in [-0.25, -0.2) is 4.39 Å². The first-order valence-corrected chi connectivity index (χ1v) is 6.21. The number of rotatable bonds is 6. The molecule has 100 valence electrons. The number of carboxylic acid groups (broad SMARTS) is 1. The van der Waals surface area contributed by atoms with E-state index in [1.54, 1.807) is 11.0 Å². The first-order valence-electron chi connectivity index (χ1n) is 5.83. The Morgan fingerprint density at radius 2 is 2.22 bits per heavy atom. The van der Waals surface area contributed by atoms with Gasteiger partial charge in [0.1, 0.15) is 5.82 Å². The first-order chi connectivity index (χ1) is 8.43. The molecule has 1 atom stereocenters. The lowest BCUT2D eigenvalue weighted by atomic mass is 10.1. The fourth-order valence-electron chi connectivity index (χ4n) is 1.67. The Kier molecular flexibility index (Phi) is 5.56. The molecule has 5 heteroatoms. The SMILES string of the molecule is CCC(C)N(CC(=O)O)Cc1ccc(F)cc1Cl. The smallest absolute Gasteiger partial charge is 0.317 e. The van der Waals surface area contributed by atoms with E-state index in [-0.39, 0.29) is 12.6 Å². The molecule has 0 aliphatic rings. The predicted octanol–water partition coefficient (Wildman–Crippen LogP) is 3.16. The van der Waals surface area contributed by atoms with Gasteiger partial charge in [-0.15, -0.1) is 0 Å². The monoisotopic (exact) mass is 273 g/mol. The first kappa shape index (κ1) is 14.9. The number of nitrogens with zero attached hydrogens (tertiary/aromatic N) is 1. The number of carboxylic acids is 1. The summed E-state index contributed by atoms with van der Waals surface area (Å²) in [5.41, 5.74) is 0.736. The van der Waals surface area contributed by atoms with Crippen molar-refractivity contribution in [3.05, 3.63) is 34.6 Å². The minimum Gasteiger partial charge on any atom is -0.480 e. The number of hydrogen-bond acceptors (Lipinski definition) is 2. The maximum atomic E-state index is 12.9. The van der Waals surface area contributed by atoms with Gasteiger partial charge in [0.2, 0.25) is 0 Å². The van der Waals surface area contributed by atoms with Gasteiger partial charge in [-0.1, -0.05) is 24.6 Å². The highest BCUT2D eigenvalue weighted by atomic mass is 35.5. The molecule has 0 spiro atoms. The summed E-state index contributed by atoms with van der Waals surface area (Å²) in [6.07, 6.45) is 0.839. The summed E-state index contributed by atoms with van der Waals surface area (Å²) in [5, 5.41) is 9.21. The minimum atomic E-state index is -0.881. The lowest BCUT2D eigenvalue weighted by Gasteiger charge is -2.27. The van der Waals surface area contributed by atoms with E-state index in [0.29, 0.717) is 11.6 Å². The van der Waals surface area contributed by atoms with Crippen molar-refractivity contribution in [2.24, 2.45) is 0 Å². The topological polar surface area (TPSA) is 40.5 Å². The zero-order valence-corrected chi connectivity index (χ0v) is 11.2. The summed E-state index contributed by atoms with van der Waals surface area (Å²) >= 11 is 5.94. The van der Waals surface area contributed by atoms with Gasteiger partial charge in [-0.05, 0) is 31.0 Å². The highest BCUT2D eigenvalue weighted by Crippen LogP contribution is 2.20. The molecule has 1 aromatic carbocycles. The molecule has 0 fully saturated rings. The molecule has 0 aliphatic carbocycles. The second-order valence-corrected chi connectivity index (χ2v) is 4.70.